The summed E-state index contributed by atoms with van der Waals surface area (Å²) >= 11 is 0. The molecule has 0 aliphatic carbocycles. The number of nitrogens with two attached hydrogens (primary N) is 1. The van der Waals surface area contributed by atoms with Gasteiger partial charge in [0.05, 0.1) is 6.54 Å². The van der Waals surface area contributed by atoms with Crippen molar-refractivity contribution in [3.8, 4) is 0 Å². The first-order valence-corrected chi connectivity index (χ1v) is 7.59. The van der Waals surface area contributed by atoms with Gasteiger partial charge in [-0.2, -0.15) is 0 Å². The summed E-state index contributed by atoms with van der Waals surface area (Å²) in [6.45, 7) is 8.49. The Morgan fingerprint density at radius 1 is 1.24 bits per heavy atom. The van der Waals surface area contributed by atoms with Gasteiger partial charge < -0.3 is 10.3 Å². The molecule has 2 heterocycles. The number of aromatic nitrogens is 2. The monoisotopic (exact) mass is 284 g/mol. The average Bonchev–Trinajstić information content (AvgIpc) is 2.94. The summed E-state index contributed by atoms with van der Waals surface area (Å²) in [4.78, 5) is 6.89. The van der Waals surface area contributed by atoms with E-state index in [-0.39, 0.29) is 11.5 Å². The molecule has 0 saturated heterocycles. The zero-order valence-corrected chi connectivity index (χ0v) is 12.9. The van der Waals surface area contributed by atoms with E-state index in [0.29, 0.717) is 0 Å². The SMILES string of the molecule is CC(C)(CN1CCn2ccnc2C1)C(N)c1ccccc1. The van der Waals surface area contributed by atoms with Crippen LogP contribution >= 0.6 is 0 Å². The van der Waals surface area contributed by atoms with Gasteiger partial charge in [-0.05, 0) is 11.0 Å². The number of benzene rings is 1. The van der Waals surface area contributed by atoms with Gasteiger partial charge in [0.2, 0.25) is 0 Å². The van der Waals surface area contributed by atoms with E-state index in [4.69, 9.17) is 5.73 Å². The number of fused-ring (bicyclic) bond motifs is 1. The van der Waals surface area contributed by atoms with Gasteiger partial charge in [-0.3, -0.25) is 4.90 Å². The summed E-state index contributed by atoms with van der Waals surface area (Å²) in [6.07, 6.45) is 3.95. The lowest BCUT2D eigenvalue weighted by molar-refractivity contribution is 0.124. The van der Waals surface area contributed by atoms with E-state index in [2.05, 4.69) is 58.8 Å². The van der Waals surface area contributed by atoms with Crippen molar-refractivity contribution in [2.45, 2.75) is 33.0 Å². The van der Waals surface area contributed by atoms with Gasteiger partial charge in [-0.25, -0.2) is 4.98 Å². The first-order chi connectivity index (χ1) is 10.1. The Hall–Kier alpha value is -1.65. The number of hydrogen-bond acceptors (Lipinski definition) is 3. The minimum Gasteiger partial charge on any atom is -0.333 e. The fourth-order valence-corrected chi connectivity index (χ4v) is 3.14. The van der Waals surface area contributed by atoms with E-state index in [0.717, 1.165) is 32.0 Å². The second kappa shape index (κ2) is 5.62. The molecule has 4 nitrogen and oxygen atoms in total. The number of hydrogen-bond donors (Lipinski definition) is 1. The molecule has 112 valence electrons. The molecule has 1 atom stereocenters. The Kier molecular flexibility index (Phi) is 3.83. The van der Waals surface area contributed by atoms with Crippen molar-refractivity contribution in [3.05, 3.63) is 54.1 Å². The minimum absolute atomic E-state index is 0.0239. The Bertz CT molecular complexity index is 588. The summed E-state index contributed by atoms with van der Waals surface area (Å²) in [5, 5.41) is 0. The minimum atomic E-state index is 0.0239. The van der Waals surface area contributed by atoms with Gasteiger partial charge in [0.15, 0.2) is 0 Å². The second-order valence-electron chi connectivity index (χ2n) is 6.62. The molecule has 4 heteroatoms. The summed E-state index contributed by atoms with van der Waals surface area (Å²) < 4.78 is 2.24. The van der Waals surface area contributed by atoms with Crippen molar-refractivity contribution in [1.29, 1.82) is 0 Å². The van der Waals surface area contributed by atoms with E-state index in [1.807, 2.05) is 12.3 Å². The predicted octanol–water partition coefficient (Wildman–Crippen LogP) is 2.42. The summed E-state index contributed by atoms with van der Waals surface area (Å²) in [5.41, 5.74) is 7.75. The first kappa shape index (κ1) is 14.3. The van der Waals surface area contributed by atoms with Gasteiger partial charge in [-0.1, -0.05) is 44.2 Å². The van der Waals surface area contributed by atoms with Crippen LogP contribution < -0.4 is 5.73 Å². The van der Waals surface area contributed by atoms with Crippen molar-refractivity contribution >= 4 is 0 Å². The molecule has 0 spiro atoms. The number of imidazole rings is 1. The van der Waals surface area contributed by atoms with Crippen LogP contribution in [0.4, 0.5) is 0 Å². The average molecular weight is 284 g/mol. The Balaban J connectivity index is 1.69. The molecule has 2 aromatic rings. The predicted molar refractivity (Wildman–Crippen MR) is 84.7 cm³/mol. The molecule has 0 saturated carbocycles. The second-order valence-corrected chi connectivity index (χ2v) is 6.62. The largest absolute Gasteiger partial charge is 0.333 e. The van der Waals surface area contributed by atoms with Crippen molar-refractivity contribution in [2.75, 3.05) is 13.1 Å². The number of nitrogens with zero attached hydrogens (tertiary/aromatic N) is 3. The van der Waals surface area contributed by atoms with Crippen LogP contribution in [0.3, 0.4) is 0 Å². The summed E-state index contributed by atoms with van der Waals surface area (Å²) in [5.74, 6) is 1.16. The first-order valence-electron chi connectivity index (χ1n) is 7.59. The quantitative estimate of drug-likeness (QED) is 0.938. The van der Waals surface area contributed by atoms with Crippen LogP contribution in [0, 0.1) is 5.41 Å². The molecule has 1 aliphatic rings. The molecule has 1 unspecified atom stereocenters. The Morgan fingerprint density at radius 2 is 2.00 bits per heavy atom. The third kappa shape index (κ3) is 3.01. The molecule has 0 amide bonds. The van der Waals surface area contributed by atoms with Gasteiger partial charge in [0.25, 0.3) is 0 Å². The van der Waals surface area contributed by atoms with Crippen molar-refractivity contribution < 1.29 is 0 Å². The van der Waals surface area contributed by atoms with Gasteiger partial charge >= 0.3 is 0 Å². The lowest BCUT2D eigenvalue weighted by atomic mass is 9.80. The van der Waals surface area contributed by atoms with Crippen LogP contribution in [0.25, 0.3) is 0 Å². The van der Waals surface area contributed by atoms with E-state index in [1.54, 1.807) is 0 Å². The molecular formula is C17H24N4. The van der Waals surface area contributed by atoms with E-state index in [1.165, 1.54) is 5.56 Å². The molecule has 0 fully saturated rings. The molecule has 1 aliphatic heterocycles. The lowest BCUT2D eigenvalue weighted by Crippen LogP contribution is -2.44. The fourth-order valence-electron chi connectivity index (χ4n) is 3.14. The maximum atomic E-state index is 6.52. The van der Waals surface area contributed by atoms with Gasteiger partial charge in [0.1, 0.15) is 5.82 Å². The zero-order chi connectivity index (χ0) is 14.9. The van der Waals surface area contributed by atoms with Crippen LogP contribution in [0.2, 0.25) is 0 Å². The third-order valence-electron chi connectivity index (χ3n) is 4.46. The van der Waals surface area contributed by atoms with Crippen LogP contribution in [-0.4, -0.2) is 27.5 Å². The summed E-state index contributed by atoms with van der Waals surface area (Å²) in [6, 6.07) is 10.4. The fraction of sp³-hybridized carbons (Fsp3) is 0.471. The Morgan fingerprint density at radius 3 is 2.76 bits per heavy atom. The summed E-state index contributed by atoms with van der Waals surface area (Å²) in [7, 11) is 0. The maximum Gasteiger partial charge on any atom is 0.122 e. The molecule has 3 rings (SSSR count). The normalized spacial score (nSPS) is 17.5. The van der Waals surface area contributed by atoms with Crippen LogP contribution in [0.15, 0.2) is 42.7 Å². The molecule has 21 heavy (non-hydrogen) atoms. The highest BCUT2D eigenvalue weighted by atomic mass is 15.2. The lowest BCUT2D eigenvalue weighted by Gasteiger charge is -2.38. The standard InChI is InChI=1S/C17H24N4/c1-17(2,16(18)14-6-4-3-5-7-14)13-20-10-11-21-9-8-19-15(21)12-20/h3-9,16H,10-13,18H2,1-2H3. The highest BCUT2D eigenvalue weighted by molar-refractivity contribution is 5.20. The van der Waals surface area contributed by atoms with E-state index >= 15 is 0 Å². The van der Waals surface area contributed by atoms with E-state index in [9.17, 15) is 0 Å². The van der Waals surface area contributed by atoms with Crippen molar-refractivity contribution in [2.24, 2.45) is 11.1 Å². The highest BCUT2D eigenvalue weighted by Gasteiger charge is 2.31. The molecule has 0 bridgehead atoms. The number of rotatable bonds is 4. The third-order valence-corrected chi connectivity index (χ3v) is 4.46. The van der Waals surface area contributed by atoms with Crippen LogP contribution in [-0.2, 0) is 13.1 Å². The highest BCUT2D eigenvalue weighted by Crippen LogP contribution is 2.32. The molecule has 0 radical (unpaired) electrons. The molecule has 2 N–H and O–H groups in total. The van der Waals surface area contributed by atoms with Crippen molar-refractivity contribution in [3.63, 3.8) is 0 Å². The van der Waals surface area contributed by atoms with Gasteiger partial charge in [-0.15, -0.1) is 0 Å². The van der Waals surface area contributed by atoms with Crippen LogP contribution in [0.5, 0.6) is 0 Å². The topological polar surface area (TPSA) is 47.1 Å². The van der Waals surface area contributed by atoms with Crippen molar-refractivity contribution in [1.82, 2.24) is 14.5 Å². The van der Waals surface area contributed by atoms with E-state index < -0.39 is 0 Å². The molecular weight excluding hydrogens is 260 g/mol. The Labute approximate surface area is 126 Å². The molecule has 1 aromatic heterocycles. The van der Waals surface area contributed by atoms with Gasteiger partial charge in [0, 0.05) is 38.1 Å². The van der Waals surface area contributed by atoms with Crippen LogP contribution in [0.1, 0.15) is 31.3 Å². The smallest absolute Gasteiger partial charge is 0.122 e. The maximum absolute atomic E-state index is 6.52. The molecule has 1 aromatic carbocycles. The zero-order valence-electron chi connectivity index (χ0n) is 12.9.